The number of hydrogen-bond donors (Lipinski definition) is 1. The zero-order valence-corrected chi connectivity index (χ0v) is 11.9. The van der Waals surface area contributed by atoms with Gasteiger partial charge in [0.1, 0.15) is 23.6 Å². The predicted molar refractivity (Wildman–Crippen MR) is 76.9 cm³/mol. The van der Waals surface area contributed by atoms with Crippen LogP contribution in [0.25, 0.3) is 16.6 Å². The Morgan fingerprint density at radius 1 is 1.33 bits per heavy atom. The molecule has 0 saturated carbocycles. The van der Waals surface area contributed by atoms with Crippen molar-refractivity contribution in [3.05, 3.63) is 29.7 Å². The van der Waals surface area contributed by atoms with Crippen LogP contribution in [0.15, 0.2) is 24.8 Å². The molecule has 3 heterocycles. The van der Waals surface area contributed by atoms with Crippen LogP contribution in [-0.2, 0) is 0 Å². The number of anilines is 1. The molecule has 1 N–H and O–H groups in total. The lowest BCUT2D eigenvalue weighted by atomic mass is 10.4. The van der Waals surface area contributed by atoms with Crippen molar-refractivity contribution >= 4 is 17.3 Å². The normalized spacial score (nSPS) is 10.3. The molecular weight excluding hydrogens is 288 g/mol. The highest BCUT2D eigenvalue weighted by molar-refractivity contribution is 7.15. The van der Waals surface area contributed by atoms with E-state index in [1.165, 1.54) is 28.7 Å². The van der Waals surface area contributed by atoms with Gasteiger partial charge in [0.05, 0.1) is 4.88 Å². The summed E-state index contributed by atoms with van der Waals surface area (Å²) in [5.74, 6) is 1.33. The van der Waals surface area contributed by atoms with Crippen LogP contribution in [0.1, 0.15) is 11.8 Å². The molecule has 3 aromatic rings. The Labute approximate surface area is 124 Å². The first-order chi connectivity index (χ1) is 10.3. The second-order valence-electron chi connectivity index (χ2n) is 3.93. The number of nitrogens with one attached hydrogen (secondary N) is 1. The smallest absolute Gasteiger partial charge is 0.257 e. The third-order valence-electron chi connectivity index (χ3n) is 2.52. The second-order valence-corrected chi connectivity index (χ2v) is 5.01. The highest BCUT2D eigenvalue weighted by atomic mass is 32.1. The van der Waals surface area contributed by atoms with Crippen molar-refractivity contribution in [3.8, 4) is 22.7 Å². The molecule has 3 rings (SSSR count). The monoisotopic (exact) mass is 298 g/mol. The van der Waals surface area contributed by atoms with Crippen molar-refractivity contribution in [3.63, 3.8) is 0 Å². The molecule has 0 aromatic carbocycles. The van der Waals surface area contributed by atoms with E-state index in [1.54, 1.807) is 6.07 Å². The lowest BCUT2D eigenvalue weighted by Gasteiger charge is -2.06. The number of aromatic nitrogens is 6. The average molecular weight is 298 g/mol. The third-order valence-corrected chi connectivity index (χ3v) is 3.50. The highest BCUT2D eigenvalue weighted by Gasteiger charge is 2.12. The minimum atomic E-state index is 0.375. The summed E-state index contributed by atoms with van der Waals surface area (Å²) in [6.07, 6.45) is 2.93. The van der Waals surface area contributed by atoms with Crippen molar-refractivity contribution in [1.29, 1.82) is 5.26 Å². The van der Waals surface area contributed by atoms with E-state index in [4.69, 9.17) is 5.26 Å². The van der Waals surface area contributed by atoms with Crippen LogP contribution in [0.5, 0.6) is 0 Å². The Morgan fingerprint density at radius 3 is 2.90 bits per heavy atom. The van der Waals surface area contributed by atoms with Crippen LogP contribution in [0.4, 0.5) is 5.95 Å². The topological polar surface area (TPSA) is 105 Å². The number of hydrogen-bond acceptors (Lipinski definition) is 8. The maximum Gasteiger partial charge on any atom is 0.257 e. The molecule has 0 spiro atoms. The summed E-state index contributed by atoms with van der Waals surface area (Å²) in [5, 5.41) is 16.0. The van der Waals surface area contributed by atoms with Gasteiger partial charge < -0.3 is 5.32 Å². The van der Waals surface area contributed by atoms with Gasteiger partial charge in [0.25, 0.3) is 5.95 Å². The quantitative estimate of drug-likeness (QED) is 0.777. The maximum absolute atomic E-state index is 8.91. The van der Waals surface area contributed by atoms with Gasteiger partial charge in [-0.1, -0.05) is 0 Å². The molecule has 0 atom stereocenters. The molecular formula is C12H10N8S. The molecule has 0 saturated heterocycles. The molecule has 0 bridgehead atoms. The first kappa shape index (κ1) is 13.1. The van der Waals surface area contributed by atoms with Gasteiger partial charge in [-0.3, -0.25) is 0 Å². The Bertz CT molecular complexity index is 786. The van der Waals surface area contributed by atoms with Crippen molar-refractivity contribution < 1.29 is 0 Å². The van der Waals surface area contributed by atoms with Gasteiger partial charge in [-0.25, -0.2) is 4.98 Å². The summed E-state index contributed by atoms with van der Waals surface area (Å²) in [4.78, 5) is 18.3. The lowest BCUT2D eigenvalue weighted by Crippen LogP contribution is -2.09. The first-order valence-electron chi connectivity index (χ1n) is 6.15. The maximum atomic E-state index is 8.91. The van der Waals surface area contributed by atoms with E-state index < -0.39 is 0 Å². The van der Waals surface area contributed by atoms with Gasteiger partial charge >= 0.3 is 0 Å². The predicted octanol–water partition coefficient (Wildman–Crippen LogP) is 1.48. The van der Waals surface area contributed by atoms with E-state index >= 15 is 0 Å². The van der Waals surface area contributed by atoms with Gasteiger partial charge in [-0.15, -0.1) is 11.3 Å². The van der Waals surface area contributed by atoms with E-state index in [0.29, 0.717) is 29.1 Å². The molecule has 21 heavy (non-hydrogen) atoms. The standard InChI is InChI=1S/C12H10N8S/c1-2-15-11-17-10(9-4-3-8(5-13)21-9)18-12(19-11)20-7-14-6-16-20/h3-4,6-7H,2H2,1H3,(H,15,17,18,19). The summed E-state index contributed by atoms with van der Waals surface area (Å²) in [6, 6.07) is 5.66. The largest absolute Gasteiger partial charge is 0.354 e. The van der Waals surface area contributed by atoms with E-state index in [-0.39, 0.29) is 0 Å². The van der Waals surface area contributed by atoms with Gasteiger partial charge in [0.2, 0.25) is 5.95 Å². The second kappa shape index (κ2) is 5.64. The van der Waals surface area contributed by atoms with Crippen molar-refractivity contribution in [2.75, 3.05) is 11.9 Å². The van der Waals surface area contributed by atoms with Gasteiger partial charge in [0.15, 0.2) is 5.82 Å². The zero-order valence-electron chi connectivity index (χ0n) is 11.1. The Balaban J connectivity index is 2.09. The van der Waals surface area contributed by atoms with Crippen molar-refractivity contribution in [2.45, 2.75) is 6.92 Å². The minimum absolute atomic E-state index is 0.375. The van der Waals surface area contributed by atoms with Crippen molar-refractivity contribution in [1.82, 2.24) is 29.7 Å². The molecule has 0 aliphatic rings. The summed E-state index contributed by atoms with van der Waals surface area (Å²) in [6.45, 7) is 2.64. The van der Waals surface area contributed by atoms with Crippen LogP contribution in [0.3, 0.4) is 0 Å². The van der Waals surface area contributed by atoms with E-state index in [2.05, 4.69) is 36.4 Å². The molecule has 0 unspecified atom stereocenters. The van der Waals surface area contributed by atoms with Crippen molar-refractivity contribution in [2.24, 2.45) is 0 Å². The third kappa shape index (κ3) is 2.70. The summed E-state index contributed by atoms with van der Waals surface area (Å²) in [7, 11) is 0. The van der Waals surface area contributed by atoms with Crippen LogP contribution >= 0.6 is 11.3 Å². The zero-order chi connectivity index (χ0) is 14.7. The Kier molecular flexibility index (Phi) is 3.53. The minimum Gasteiger partial charge on any atom is -0.354 e. The summed E-state index contributed by atoms with van der Waals surface area (Å²) in [5.41, 5.74) is 0. The Hall–Kier alpha value is -2.86. The highest BCUT2D eigenvalue weighted by Crippen LogP contribution is 2.25. The molecule has 0 aliphatic heterocycles. The molecule has 8 nitrogen and oxygen atoms in total. The number of rotatable bonds is 4. The molecule has 0 radical (unpaired) electrons. The SMILES string of the molecule is CCNc1nc(-c2ccc(C#N)s2)nc(-n2cncn2)n1. The van der Waals surface area contributed by atoms with Crippen LogP contribution in [0.2, 0.25) is 0 Å². The summed E-state index contributed by atoms with van der Waals surface area (Å²) < 4.78 is 1.46. The van der Waals surface area contributed by atoms with E-state index in [0.717, 1.165) is 4.88 Å². The molecule has 9 heteroatoms. The number of nitriles is 1. The fourth-order valence-corrected chi connectivity index (χ4v) is 2.38. The van der Waals surface area contributed by atoms with Gasteiger partial charge in [-0.05, 0) is 19.1 Å². The molecule has 0 fully saturated rings. The summed E-state index contributed by atoms with van der Waals surface area (Å²) >= 11 is 1.33. The fourth-order valence-electron chi connectivity index (χ4n) is 1.64. The van der Waals surface area contributed by atoms with E-state index in [9.17, 15) is 0 Å². The fraction of sp³-hybridized carbons (Fsp3) is 0.167. The van der Waals surface area contributed by atoms with Gasteiger partial charge in [0, 0.05) is 6.54 Å². The first-order valence-corrected chi connectivity index (χ1v) is 6.97. The Morgan fingerprint density at radius 2 is 2.24 bits per heavy atom. The van der Waals surface area contributed by atoms with Crippen LogP contribution in [-0.4, -0.2) is 36.3 Å². The molecule has 104 valence electrons. The number of thiophene rings is 1. The van der Waals surface area contributed by atoms with E-state index in [1.807, 2.05) is 13.0 Å². The lowest BCUT2D eigenvalue weighted by molar-refractivity contribution is 0.797. The van der Waals surface area contributed by atoms with Crippen LogP contribution < -0.4 is 5.32 Å². The van der Waals surface area contributed by atoms with Crippen LogP contribution in [0, 0.1) is 11.3 Å². The molecule has 0 aliphatic carbocycles. The number of nitrogens with zero attached hydrogens (tertiary/aromatic N) is 7. The molecule has 0 amide bonds. The van der Waals surface area contributed by atoms with Gasteiger partial charge in [-0.2, -0.15) is 30.0 Å². The molecule has 3 aromatic heterocycles. The average Bonchev–Trinajstić information content (AvgIpc) is 3.19.